The van der Waals surface area contributed by atoms with Crippen LogP contribution in [0.1, 0.15) is 31.7 Å². The Labute approximate surface area is 194 Å². The van der Waals surface area contributed by atoms with E-state index >= 15 is 0 Å². The number of aromatic nitrogens is 3. The first-order chi connectivity index (χ1) is 15.7. The minimum atomic E-state index is 0.00859. The van der Waals surface area contributed by atoms with E-state index in [1.165, 1.54) is 5.56 Å². The fraction of sp³-hybridized carbons (Fsp3) is 0.458. The molecule has 1 saturated heterocycles. The van der Waals surface area contributed by atoms with Crippen LogP contribution in [0.4, 0.5) is 5.13 Å². The summed E-state index contributed by atoms with van der Waals surface area (Å²) >= 11 is 1.57. The molecule has 1 aromatic carbocycles. The van der Waals surface area contributed by atoms with Gasteiger partial charge in [0.2, 0.25) is 16.2 Å². The lowest BCUT2D eigenvalue weighted by Crippen LogP contribution is -2.43. The molecule has 8 heteroatoms. The Bertz CT molecular complexity index is 958. The molecule has 3 heterocycles. The third-order valence-corrected chi connectivity index (χ3v) is 6.94. The Hall–Kier alpha value is -2.71. The zero-order valence-electron chi connectivity index (χ0n) is 18.7. The molecule has 1 aliphatic heterocycles. The van der Waals surface area contributed by atoms with Gasteiger partial charge in [0.1, 0.15) is 0 Å². The van der Waals surface area contributed by atoms with E-state index in [4.69, 9.17) is 0 Å². The van der Waals surface area contributed by atoms with Gasteiger partial charge in [0.15, 0.2) is 0 Å². The topological polar surface area (TPSA) is 66.3 Å². The van der Waals surface area contributed by atoms with Crippen LogP contribution in [0.2, 0.25) is 0 Å². The molecule has 0 bridgehead atoms. The predicted octanol–water partition coefficient (Wildman–Crippen LogP) is 3.57. The Morgan fingerprint density at radius 3 is 2.72 bits per heavy atom. The Kier molecular flexibility index (Phi) is 7.90. The number of hydrogen-bond donors (Lipinski definition) is 1. The van der Waals surface area contributed by atoms with Gasteiger partial charge in [-0.15, -0.1) is 10.2 Å². The molecule has 0 aliphatic carbocycles. The van der Waals surface area contributed by atoms with Crippen molar-refractivity contribution in [1.29, 1.82) is 0 Å². The van der Waals surface area contributed by atoms with Crippen molar-refractivity contribution in [3.8, 4) is 5.13 Å². The van der Waals surface area contributed by atoms with Crippen LogP contribution >= 0.6 is 11.3 Å². The van der Waals surface area contributed by atoms with E-state index in [1.807, 2.05) is 35.2 Å². The number of hydrogen-bond acceptors (Lipinski definition) is 6. The molecule has 4 rings (SSSR count). The molecule has 32 heavy (non-hydrogen) atoms. The lowest BCUT2D eigenvalue weighted by atomic mass is 9.97. The third kappa shape index (κ3) is 5.95. The Balaban J connectivity index is 1.21. The van der Waals surface area contributed by atoms with Crippen LogP contribution in [0, 0.1) is 5.92 Å². The van der Waals surface area contributed by atoms with Crippen LogP contribution in [-0.4, -0.2) is 58.3 Å². The summed E-state index contributed by atoms with van der Waals surface area (Å²) in [4.78, 5) is 17.4. The molecule has 1 fully saturated rings. The summed E-state index contributed by atoms with van der Waals surface area (Å²) in [6.45, 7) is 7.49. The highest BCUT2D eigenvalue weighted by Crippen LogP contribution is 2.27. The lowest BCUT2D eigenvalue weighted by Gasteiger charge is -2.31. The highest BCUT2D eigenvalue weighted by atomic mass is 32.1. The van der Waals surface area contributed by atoms with Crippen LogP contribution in [0.25, 0.3) is 5.13 Å². The molecule has 0 unspecified atom stereocenters. The SMILES string of the molecule is CCN(CCCNC(=O)[C@H]1CCCN(c2nnc(-n3cccc3)s2)C1)Cc1ccccc1. The molecular weight excluding hydrogens is 420 g/mol. The van der Waals surface area contributed by atoms with Gasteiger partial charge in [-0.05, 0) is 43.5 Å². The number of carbonyl (C=O) groups excluding carboxylic acids is 1. The summed E-state index contributed by atoms with van der Waals surface area (Å²) < 4.78 is 1.96. The number of nitrogens with zero attached hydrogens (tertiary/aromatic N) is 5. The van der Waals surface area contributed by atoms with Gasteiger partial charge in [0.25, 0.3) is 0 Å². The van der Waals surface area contributed by atoms with Crippen molar-refractivity contribution in [3.05, 3.63) is 60.4 Å². The monoisotopic (exact) mass is 452 g/mol. The summed E-state index contributed by atoms with van der Waals surface area (Å²) in [6.07, 6.45) is 6.82. The zero-order valence-corrected chi connectivity index (χ0v) is 19.5. The van der Waals surface area contributed by atoms with E-state index in [0.717, 1.165) is 62.2 Å². The van der Waals surface area contributed by atoms with Gasteiger partial charge in [-0.2, -0.15) is 0 Å². The number of carbonyl (C=O) groups is 1. The molecule has 0 spiro atoms. The molecule has 1 N–H and O–H groups in total. The molecule has 2 aromatic heterocycles. The maximum absolute atomic E-state index is 12.8. The van der Waals surface area contributed by atoms with Gasteiger partial charge in [-0.25, -0.2) is 0 Å². The van der Waals surface area contributed by atoms with E-state index < -0.39 is 0 Å². The first-order valence-electron chi connectivity index (χ1n) is 11.5. The standard InChI is InChI=1S/C24H32N6OS/c1-2-28(18-20-10-4-3-5-11-20)14-9-13-25-22(31)21-12-8-17-30(19-21)24-27-26-23(32-24)29-15-6-7-16-29/h3-7,10-11,15-16,21H,2,8-9,12-14,17-19H2,1H3,(H,25,31)/t21-/m0/s1. The van der Waals surface area contributed by atoms with Gasteiger partial charge < -0.3 is 10.2 Å². The first kappa shape index (κ1) is 22.5. The summed E-state index contributed by atoms with van der Waals surface area (Å²) in [6, 6.07) is 14.5. The maximum Gasteiger partial charge on any atom is 0.224 e. The second-order valence-corrected chi connectivity index (χ2v) is 9.18. The van der Waals surface area contributed by atoms with Crippen LogP contribution in [-0.2, 0) is 11.3 Å². The highest BCUT2D eigenvalue weighted by Gasteiger charge is 2.27. The van der Waals surface area contributed by atoms with Gasteiger partial charge in [-0.1, -0.05) is 48.6 Å². The van der Waals surface area contributed by atoms with Crippen molar-refractivity contribution < 1.29 is 4.79 Å². The van der Waals surface area contributed by atoms with E-state index in [-0.39, 0.29) is 11.8 Å². The Morgan fingerprint density at radius 2 is 1.94 bits per heavy atom. The number of anilines is 1. The van der Waals surface area contributed by atoms with Crippen molar-refractivity contribution >= 4 is 22.4 Å². The van der Waals surface area contributed by atoms with Gasteiger partial charge in [0.05, 0.1) is 5.92 Å². The summed E-state index contributed by atoms with van der Waals surface area (Å²) in [5.74, 6) is 0.172. The molecule has 1 aliphatic rings. The Morgan fingerprint density at radius 1 is 1.16 bits per heavy atom. The normalized spacial score (nSPS) is 16.4. The fourth-order valence-electron chi connectivity index (χ4n) is 4.12. The van der Waals surface area contributed by atoms with Gasteiger partial charge >= 0.3 is 0 Å². The van der Waals surface area contributed by atoms with E-state index in [0.29, 0.717) is 6.54 Å². The predicted molar refractivity (Wildman–Crippen MR) is 129 cm³/mol. The van der Waals surface area contributed by atoms with Crippen molar-refractivity contribution in [3.63, 3.8) is 0 Å². The number of nitrogens with one attached hydrogen (secondary N) is 1. The molecular formula is C24H32N6OS. The van der Waals surface area contributed by atoms with E-state index in [1.54, 1.807) is 11.3 Å². The number of benzene rings is 1. The molecule has 1 amide bonds. The number of rotatable bonds is 10. The molecule has 1 atom stereocenters. The van der Waals surface area contributed by atoms with Crippen molar-refractivity contribution in [2.45, 2.75) is 32.7 Å². The smallest absolute Gasteiger partial charge is 0.224 e. The minimum absolute atomic E-state index is 0.00859. The van der Waals surface area contributed by atoms with Crippen LogP contribution in [0.5, 0.6) is 0 Å². The largest absolute Gasteiger partial charge is 0.356 e. The fourth-order valence-corrected chi connectivity index (χ4v) is 4.96. The summed E-state index contributed by atoms with van der Waals surface area (Å²) in [5.41, 5.74) is 1.33. The highest BCUT2D eigenvalue weighted by molar-refractivity contribution is 7.17. The van der Waals surface area contributed by atoms with Crippen LogP contribution in [0.15, 0.2) is 54.9 Å². The van der Waals surface area contributed by atoms with Gasteiger partial charge in [0, 0.05) is 45.1 Å². The first-order valence-corrected chi connectivity index (χ1v) is 12.3. The van der Waals surface area contributed by atoms with E-state index in [9.17, 15) is 4.79 Å². The second-order valence-electron chi connectivity index (χ2n) is 8.24. The molecule has 0 radical (unpaired) electrons. The van der Waals surface area contributed by atoms with Gasteiger partial charge in [-0.3, -0.25) is 14.3 Å². The van der Waals surface area contributed by atoms with Crippen LogP contribution < -0.4 is 10.2 Å². The minimum Gasteiger partial charge on any atom is -0.356 e. The molecule has 170 valence electrons. The lowest BCUT2D eigenvalue weighted by molar-refractivity contribution is -0.125. The van der Waals surface area contributed by atoms with E-state index in [2.05, 4.69) is 56.5 Å². The number of piperidine rings is 1. The maximum atomic E-state index is 12.8. The average Bonchev–Trinajstić information content (AvgIpc) is 3.54. The molecule has 0 saturated carbocycles. The molecule has 7 nitrogen and oxygen atoms in total. The summed E-state index contributed by atoms with van der Waals surface area (Å²) in [5, 5.41) is 13.6. The second kappa shape index (κ2) is 11.2. The summed E-state index contributed by atoms with van der Waals surface area (Å²) in [7, 11) is 0. The zero-order chi connectivity index (χ0) is 22.2. The van der Waals surface area contributed by atoms with Crippen molar-refractivity contribution in [2.24, 2.45) is 5.92 Å². The number of amides is 1. The van der Waals surface area contributed by atoms with Crippen LogP contribution in [0.3, 0.4) is 0 Å². The third-order valence-electron chi connectivity index (χ3n) is 5.94. The molecule has 3 aromatic rings. The van der Waals surface area contributed by atoms with Crippen molar-refractivity contribution in [2.75, 3.05) is 37.6 Å². The average molecular weight is 453 g/mol. The van der Waals surface area contributed by atoms with Crippen molar-refractivity contribution in [1.82, 2.24) is 25.0 Å². The quantitative estimate of drug-likeness (QED) is 0.477.